The van der Waals surface area contributed by atoms with Gasteiger partial charge in [-0.15, -0.1) is 12.8 Å². The summed E-state index contributed by atoms with van der Waals surface area (Å²) in [5, 5.41) is 0. The summed E-state index contributed by atoms with van der Waals surface area (Å²) in [5.41, 5.74) is 3.64. The zero-order valence-electron chi connectivity index (χ0n) is 19.7. The summed E-state index contributed by atoms with van der Waals surface area (Å²) in [5.74, 6) is 30.5. The molecule has 0 aliphatic heterocycles. The third-order valence-corrected chi connectivity index (χ3v) is 4.10. The molecule has 0 heterocycles. The van der Waals surface area contributed by atoms with Crippen LogP contribution in [0.1, 0.15) is 29.2 Å². The fourth-order valence-electron chi connectivity index (χ4n) is 2.62. The summed E-state index contributed by atoms with van der Waals surface area (Å²) in [6, 6.07) is 11.7. The Bertz CT molecular complexity index is 1650. The highest BCUT2D eigenvalue weighted by molar-refractivity contribution is 5.75. The van der Waals surface area contributed by atoms with Gasteiger partial charge in [0.1, 0.15) is 23.7 Å². The third-order valence-electron chi connectivity index (χ3n) is 4.10. The van der Waals surface area contributed by atoms with Crippen molar-refractivity contribution in [3.63, 3.8) is 0 Å². The minimum atomic E-state index is 0.530. The minimum Gasteiger partial charge on any atom is -0.406 e. The summed E-state index contributed by atoms with van der Waals surface area (Å²) in [6.45, 7) is 3.84. The molecule has 0 N–H and O–H groups in total. The molecule has 2 heteroatoms. The summed E-state index contributed by atoms with van der Waals surface area (Å²) in [6.07, 6.45) is 23.1. The van der Waals surface area contributed by atoms with E-state index in [1.807, 2.05) is 62.4 Å². The molecule has 0 fully saturated rings. The number of terminal acetylenes is 2. The lowest BCUT2D eigenvalue weighted by atomic mass is 10.1. The van der Waals surface area contributed by atoms with E-state index in [0.29, 0.717) is 11.5 Å². The van der Waals surface area contributed by atoms with Crippen LogP contribution in [0.2, 0.25) is 0 Å². The first kappa shape index (κ1) is 26.3. The van der Waals surface area contributed by atoms with E-state index in [1.165, 1.54) is 0 Å². The molecule has 0 aromatic heterocycles. The molecule has 2 nitrogen and oxygen atoms in total. The van der Waals surface area contributed by atoms with Crippen LogP contribution in [0.4, 0.5) is 0 Å². The summed E-state index contributed by atoms with van der Waals surface area (Å²) < 4.78 is 11.2. The number of hydrogen-bond donors (Lipinski definition) is 0. The molecule has 0 saturated carbocycles. The molecule has 0 radical (unpaired) electrons. The predicted molar refractivity (Wildman–Crippen MR) is 147 cm³/mol. The Labute approximate surface area is 213 Å². The van der Waals surface area contributed by atoms with Crippen LogP contribution >= 0.6 is 0 Å². The van der Waals surface area contributed by atoms with E-state index in [9.17, 15) is 0 Å². The lowest BCUT2D eigenvalue weighted by Crippen LogP contribution is -1.93. The molecule has 2 aromatic rings. The average molecular weight is 459 g/mol. The van der Waals surface area contributed by atoms with Crippen LogP contribution < -0.4 is 9.47 Å². The van der Waals surface area contributed by atoms with E-state index >= 15 is 0 Å². The number of ether oxygens (including phenoxy) is 2. The molecule has 0 aliphatic carbocycles. The molecule has 0 saturated heterocycles. The molecular weight excluding hydrogens is 440 g/mol. The first-order chi connectivity index (χ1) is 17.7. The zero-order valence-corrected chi connectivity index (χ0v) is 19.7. The Balaban J connectivity index is 2.38. The Morgan fingerprint density at radius 3 is 1.81 bits per heavy atom. The Kier molecular flexibility index (Phi) is 11.5. The maximum atomic E-state index is 5.65. The highest BCUT2D eigenvalue weighted by atomic mass is 16.5. The Hall–Kier alpha value is -6.00. The predicted octanol–water partition coefficient (Wildman–Crippen LogP) is 5.16. The maximum absolute atomic E-state index is 5.65. The molecule has 0 aliphatic rings. The topological polar surface area (TPSA) is 18.5 Å². The molecule has 0 atom stereocenters. The van der Waals surface area contributed by atoms with Crippen LogP contribution in [0.25, 0.3) is 18.2 Å². The molecule has 166 valence electrons. The van der Waals surface area contributed by atoms with E-state index in [0.717, 1.165) is 22.3 Å². The molecule has 36 heavy (non-hydrogen) atoms. The minimum absolute atomic E-state index is 0.530. The zero-order chi connectivity index (χ0) is 25.8. The van der Waals surface area contributed by atoms with Gasteiger partial charge in [-0.05, 0) is 84.3 Å². The van der Waals surface area contributed by atoms with Gasteiger partial charge in [0.2, 0.25) is 0 Å². The summed E-state index contributed by atoms with van der Waals surface area (Å²) >= 11 is 0. The van der Waals surface area contributed by atoms with Crippen LogP contribution in [-0.4, -0.2) is 0 Å². The average Bonchev–Trinajstić information content (AvgIpc) is 2.88. The third kappa shape index (κ3) is 9.65. The summed E-state index contributed by atoms with van der Waals surface area (Å²) in [4.78, 5) is 0. The number of aryl methyl sites for hydroxylation is 1. The summed E-state index contributed by atoms with van der Waals surface area (Å²) in [7, 11) is 0. The molecule has 0 bridgehead atoms. The van der Waals surface area contributed by atoms with Crippen molar-refractivity contribution in [1.29, 1.82) is 0 Å². The Morgan fingerprint density at radius 1 is 0.639 bits per heavy atom. The second-order valence-corrected chi connectivity index (χ2v) is 6.61. The smallest absolute Gasteiger partial charge is 0.148 e. The van der Waals surface area contributed by atoms with Gasteiger partial charge in [0.15, 0.2) is 0 Å². The molecule has 0 spiro atoms. The fourth-order valence-corrected chi connectivity index (χ4v) is 2.62. The first-order valence-corrected chi connectivity index (χ1v) is 10.5. The van der Waals surface area contributed by atoms with E-state index in [1.54, 1.807) is 6.07 Å². The van der Waals surface area contributed by atoms with E-state index < -0.39 is 0 Å². The quantitative estimate of drug-likeness (QED) is 0.455. The molecular formula is C34H18O2. The molecule has 2 aromatic carbocycles. The van der Waals surface area contributed by atoms with E-state index in [-0.39, 0.29) is 0 Å². The SMILES string of the molecule is C#CC#CC#CC#COc1cc(/C=C/c2cccc(/C=C/C)c2)c(OC#CC#CC#CC#C)cc1C. The second-order valence-electron chi connectivity index (χ2n) is 6.61. The Morgan fingerprint density at radius 2 is 1.19 bits per heavy atom. The molecule has 0 unspecified atom stereocenters. The first-order valence-electron chi connectivity index (χ1n) is 10.5. The van der Waals surface area contributed by atoms with Crippen LogP contribution in [0, 0.1) is 103 Å². The van der Waals surface area contributed by atoms with Gasteiger partial charge in [-0.2, -0.15) is 0 Å². The lowest BCUT2D eigenvalue weighted by Gasteiger charge is -2.09. The van der Waals surface area contributed by atoms with Crippen molar-refractivity contribution in [1.82, 2.24) is 0 Å². The van der Waals surface area contributed by atoms with Crippen LogP contribution in [-0.2, 0) is 0 Å². The fraction of sp³-hybridized carbons (Fsp3) is 0.0588. The van der Waals surface area contributed by atoms with Crippen molar-refractivity contribution in [2.45, 2.75) is 13.8 Å². The number of rotatable bonds is 5. The number of hydrogen-bond acceptors (Lipinski definition) is 2. The van der Waals surface area contributed by atoms with Gasteiger partial charge < -0.3 is 9.47 Å². The van der Waals surface area contributed by atoms with Gasteiger partial charge in [0, 0.05) is 41.1 Å². The van der Waals surface area contributed by atoms with Crippen LogP contribution in [0.5, 0.6) is 11.5 Å². The van der Waals surface area contributed by atoms with Gasteiger partial charge in [-0.25, -0.2) is 0 Å². The van der Waals surface area contributed by atoms with Gasteiger partial charge in [0.05, 0.1) is 0 Å². The largest absolute Gasteiger partial charge is 0.406 e. The van der Waals surface area contributed by atoms with E-state index in [2.05, 4.69) is 89.3 Å². The van der Waals surface area contributed by atoms with Crippen molar-refractivity contribution >= 4 is 18.2 Å². The van der Waals surface area contributed by atoms with Crippen molar-refractivity contribution < 1.29 is 9.47 Å². The van der Waals surface area contributed by atoms with Crippen molar-refractivity contribution in [3.05, 3.63) is 64.7 Å². The van der Waals surface area contributed by atoms with Gasteiger partial charge >= 0.3 is 0 Å². The van der Waals surface area contributed by atoms with Crippen molar-refractivity contribution in [3.8, 4) is 108 Å². The van der Waals surface area contributed by atoms with Gasteiger partial charge in [-0.1, -0.05) is 42.5 Å². The second kappa shape index (κ2) is 15.7. The van der Waals surface area contributed by atoms with E-state index in [4.69, 9.17) is 22.3 Å². The number of benzene rings is 2. The highest BCUT2D eigenvalue weighted by Gasteiger charge is 2.08. The monoisotopic (exact) mass is 458 g/mol. The number of allylic oxidation sites excluding steroid dienone is 1. The van der Waals surface area contributed by atoms with Crippen LogP contribution in [0.15, 0.2) is 42.5 Å². The molecule has 0 amide bonds. The van der Waals surface area contributed by atoms with Crippen molar-refractivity contribution in [2.24, 2.45) is 0 Å². The maximum Gasteiger partial charge on any atom is 0.148 e. The normalized spacial score (nSPS) is 8.33. The lowest BCUT2D eigenvalue weighted by molar-refractivity contribution is 0.501. The molecule has 2 rings (SSSR count). The van der Waals surface area contributed by atoms with Gasteiger partial charge in [0.25, 0.3) is 0 Å². The van der Waals surface area contributed by atoms with Gasteiger partial charge in [-0.3, -0.25) is 0 Å². The van der Waals surface area contributed by atoms with Crippen molar-refractivity contribution in [2.75, 3.05) is 0 Å². The standard InChI is InChI=1S/C34H18O2/c1-5-8-10-12-14-16-24-35-33-28-32(23-22-31-21-18-20-30(27-31)19-7-3)34(26-29(33)4)36-25-17-15-13-11-9-6-2/h1-2,7,18-23,26-28H,3-4H3/b19-7+,23-22+. The highest BCUT2D eigenvalue weighted by Crippen LogP contribution is 2.30. The van der Waals surface area contributed by atoms with Crippen LogP contribution in [0.3, 0.4) is 0 Å².